The van der Waals surface area contributed by atoms with Gasteiger partial charge in [-0.15, -0.1) is 0 Å². The number of rotatable bonds is 7. The molecule has 1 saturated carbocycles. The molecule has 0 aromatic rings. The molecule has 2 N–H and O–H groups in total. The van der Waals surface area contributed by atoms with E-state index in [0.29, 0.717) is 12.6 Å². The Bertz CT molecular complexity index is 236. The highest BCUT2D eigenvalue weighted by atomic mass is 19.4. The molecule has 3 nitrogen and oxygen atoms in total. The molecule has 2 atom stereocenters. The smallest absolute Gasteiger partial charge is 0.395 e. The summed E-state index contributed by atoms with van der Waals surface area (Å²) in [6.45, 7) is 2.21. The molecule has 0 aromatic carbocycles. The maximum absolute atomic E-state index is 12.4. The zero-order chi connectivity index (χ0) is 13.6. The number of nitrogens with zero attached hydrogens (tertiary/aromatic N) is 1. The third kappa shape index (κ3) is 5.54. The quantitative estimate of drug-likeness (QED) is 0.736. The maximum atomic E-state index is 12.4. The molecule has 1 aliphatic rings. The summed E-state index contributed by atoms with van der Waals surface area (Å²) in [5.74, 6) is 0.263. The van der Waals surface area contributed by atoms with Gasteiger partial charge >= 0.3 is 6.18 Å². The number of aliphatic hydroxyl groups is 1. The van der Waals surface area contributed by atoms with E-state index in [1.54, 1.807) is 0 Å². The van der Waals surface area contributed by atoms with Crippen molar-refractivity contribution in [3.05, 3.63) is 0 Å². The topological polar surface area (TPSA) is 35.5 Å². The third-order valence-corrected chi connectivity index (χ3v) is 3.44. The van der Waals surface area contributed by atoms with Crippen molar-refractivity contribution in [1.82, 2.24) is 10.2 Å². The lowest BCUT2D eigenvalue weighted by Crippen LogP contribution is -2.43. The second kappa shape index (κ2) is 7.31. The Morgan fingerprint density at radius 2 is 2.06 bits per heavy atom. The van der Waals surface area contributed by atoms with Gasteiger partial charge in [0.15, 0.2) is 0 Å². The molecule has 1 fully saturated rings. The standard InChI is InChI=1S/C12H23F3N2O/c1-2-16-11-5-3-4-10(11)8-17(6-7-18)9-12(13,14)15/h10-11,16,18H,2-9H2,1H3. The van der Waals surface area contributed by atoms with Crippen LogP contribution in [0.3, 0.4) is 0 Å². The van der Waals surface area contributed by atoms with Crippen molar-refractivity contribution in [2.75, 3.05) is 32.8 Å². The molecule has 0 bridgehead atoms. The molecule has 6 heteroatoms. The molecule has 2 unspecified atom stereocenters. The fourth-order valence-corrected chi connectivity index (χ4v) is 2.75. The van der Waals surface area contributed by atoms with Crippen molar-refractivity contribution in [1.29, 1.82) is 0 Å². The molecular weight excluding hydrogens is 245 g/mol. The van der Waals surface area contributed by atoms with Gasteiger partial charge in [0.25, 0.3) is 0 Å². The number of nitrogens with one attached hydrogen (secondary N) is 1. The summed E-state index contributed by atoms with van der Waals surface area (Å²) in [5, 5.41) is 12.2. The highest BCUT2D eigenvalue weighted by molar-refractivity contribution is 4.85. The minimum Gasteiger partial charge on any atom is -0.395 e. The van der Waals surface area contributed by atoms with Gasteiger partial charge < -0.3 is 10.4 Å². The van der Waals surface area contributed by atoms with E-state index >= 15 is 0 Å². The van der Waals surface area contributed by atoms with Crippen LogP contribution in [0.5, 0.6) is 0 Å². The predicted molar refractivity (Wildman–Crippen MR) is 64.4 cm³/mol. The normalized spacial score (nSPS) is 25.0. The fourth-order valence-electron chi connectivity index (χ4n) is 2.75. The first-order valence-electron chi connectivity index (χ1n) is 6.59. The van der Waals surface area contributed by atoms with Crippen molar-refractivity contribution in [2.45, 2.75) is 38.4 Å². The summed E-state index contributed by atoms with van der Waals surface area (Å²) in [6, 6.07) is 0.324. The first-order valence-corrected chi connectivity index (χ1v) is 6.59. The van der Waals surface area contributed by atoms with Gasteiger partial charge in [-0.05, 0) is 25.3 Å². The summed E-state index contributed by atoms with van der Waals surface area (Å²) in [4.78, 5) is 1.32. The lowest BCUT2D eigenvalue weighted by Gasteiger charge is -2.29. The number of hydrogen-bond donors (Lipinski definition) is 2. The van der Waals surface area contributed by atoms with Crippen molar-refractivity contribution >= 4 is 0 Å². The molecule has 0 heterocycles. The van der Waals surface area contributed by atoms with E-state index in [2.05, 4.69) is 5.32 Å². The Kier molecular flexibility index (Phi) is 6.38. The van der Waals surface area contributed by atoms with Crippen LogP contribution in [-0.4, -0.2) is 55.0 Å². The van der Waals surface area contributed by atoms with Gasteiger partial charge in [0.2, 0.25) is 0 Å². The molecule has 0 amide bonds. The minimum absolute atomic E-state index is 0.0921. The molecule has 108 valence electrons. The SMILES string of the molecule is CCNC1CCCC1CN(CCO)CC(F)(F)F. The Balaban J connectivity index is 2.48. The molecule has 0 radical (unpaired) electrons. The Hall–Kier alpha value is -0.330. The zero-order valence-corrected chi connectivity index (χ0v) is 10.8. The molecule has 1 rings (SSSR count). The number of hydrogen-bond acceptors (Lipinski definition) is 3. The Labute approximate surface area is 106 Å². The van der Waals surface area contributed by atoms with E-state index in [9.17, 15) is 13.2 Å². The average Bonchev–Trinajstić information content (AvgIpc) is 2.64. The second-order valence-corrected chi connectivity index (χ2v) is 4.93. The minimum atomic E-state index is -4.19. The summed E-state index contributed by atoms with van der Waals surface area (Å²) in [5.41, 5.74) is 0. The van der Waals surface area contributed by atoms with E-state index in [1.165, 1.54) is 4.90 Å². The Morgan fingerprint density at radius 1 is 1.33 bits per heavy atom. The number of aliphatic hydroxyl groups excluding tert-OH is 1. The van der Waals surface area contributed by atoms with Gasteiger partial charge in [-0.2, -0.15) is 13.2 Å². The number of alkyl halides is 3. The largest absolute Gasteiger partial charge is 0.401 e. The molecule has 18 heavy (non-hydrogen) atoms. The van der Waals surface area contributed by atoms with Crippen LogP contribution in [0.2, 0.25) is 0 Å². The summed E-state index contributed by atoms with van der Waals surface area (Å²) >= 11 is 0. The number of halogens is 3. The molecular formula is C12H23F3N2O. The molecule has 0 aliphatic heterocycles. The maximum Gasteiger partial charge on any atom is 0.401 e. The molecule has 0 aromatic heterocycles. The summed E-state index contributed by atoms with van der Waals surface area (Å²) in [7, 11) is 0. The lowest BCUT2D eigenvalue weighted by atomic mass is 10.0. The molecule has 0 spiro atoms. The van der Waals surface area contributed by atoms with Crippen molar-refractivity contribution in [3.63, 3.8) is 0 Å². The predicted octanol–water partition coefficient (Wildman–Crippen LogP) is 1.62. The summed E-state index contributed by atoms with van der Waals surface area (Å²) < 4.78 is 37.2. The van der Waals surface area contributed by atoms with Crippen LogP contribution in [0.4, 0.5) is 13.2 Å². The van der Waals surface area contributed by atoms with Gasteiger partial charge in [0.05, 0.1) is 13.2 Å². The van der Waals surface area contributed by atoms with Crippen LogP contribution in [0.1, 0.15) is 26.2 Å². The van der Waals surface area contributed by atoms with Gasteiger partial charge in [0.1, 0.15) is 0 Å². The van der Waals surface area contributed by atoms with Crippen LogP contribution in [0.25, 0.3) is 0 Å². The van der Waals surface area contributed by atoms with E-state index < -0.39 is 12.7 Å². The van der Waals surface area contributed by atoms with Gasteiger partial charge in [0, 0.05) is 19.1 Å². The van der Waals surface area contributed by atoms with E-state index in [0.717, 1.165) is 25.8 Å². The van der Waals surface area contributed by atoms with Crippen LogP contribution in [0, 0.1) is 5.92 Å². The van der Waals surface area contributed by atoms with E-state index in [1.807, 2.05) is 6.92 Å². The lowest BCUT2D eigenvalue weighted by molar-refractivity contribution is -0.148. The van der Waals surface area contributed by atoms with Gasteiger partial charge in [-0.3, -0.25) is 4.90 Å². The Morgan fingerprint density at radius 3 is 2.61 bits per heavy atom. The average molecular weight is 268 g/mol. The van der Waals surface area contributed by atoms with Crippen molar-refractivity contribution in [3.8, 4) is 0 Å². The highest BCUT2D eigenvalue weighted by Gasteiger charge is 2.34. The molecule has 0 saturated heterocycles. The monoisotopic (exact) mass is 268 g/mol. The third-order valence-electron chi connectivity index (χ3n) is 3.44. The van der Waals surface area contributed by atoms with Crippen LogP contribution >= 0.6 is 0 Å². The van der Waals surface area contributed by atoms with Gasteiger partial charge in [-0.1, -0.05) is 13.3 Å². The van der Waals surface area contributed by atoms with Crippen LogP contribution in [-0.2, 0) is 0 Å². The van der Waals surface area contributed by atoms with Crippen molar-refractivity contribution < 1.29 is 18.3 Å². The van der Waals surface area contributed by atoms with E-state index in [-0.39, 0.29) is 19.1 Å². The van der Waals surface area contributed by atoms with Crippen LogP contribution < -0.4 is 5.32 Å². The highest BCUT2D eigenvalue weighted by Crippen LogP contribution is 2.27. The zero-order valence-electron chi connectivity index (χ0n) is 10.8. The van der Waals surface area contributed by atoms with Gasteiger partial charge in [-0.25, -0.2) is 0 Å². The van der Waals surface area contributed by atoms with Crippen molar-refractivity contribution in [2.24, 2.45) is 5.92 Å². The second-order valence-electron chi connectivity index (χ2n) is 4.93. The first-order chi connectivity index (χ1) is 8.46. The molecule has 1 aliphatic carbocycles. The first kappa shape index (κ1) is 15.7. The fraction of sp³-hybridized carbons (Fsp3) is 1.00. The summed E-state index contributed by atoms with van der Waals surface area (Å²) in [6.07, 6.45) is -1.11. The van der Waals surface area contributed by atoms with Crippen LogP contribution in [0.15, 0.2) is 0 Å². The van der Waals surface area contributed by atoms with E-state index in [4.69, 9.17) is 5.11 Å².